The van der Waals surface area contributed by atoms with Crippen LogP contribution in [0.25, 0.3) is 11.1 Å². The Kier molecular flexibility index (Phi) is 10.2. The molecule has 2 aromatic carbocycles. The Morgan fingerprint density at radius 1 is 0.784 bits per heavy atom. The standard InChI is InChI=1S/C30H42N2O5/c1-7-8-9-10-11-12-17-32-21(2)29(33)31(3)25(30(32)34)18-22-13-15-23(16-14-22)24-19-26(35-4)28(37-6)27(20-24)36-5/h13-16,19-21,25H,7-12,17-18H2,1-6H3/t21-,25?/m0/s1. The summed E-state index contributed by atoms with van der Waals surface area (Å²) in [4.78, 5) is 29.8. The molecular weight excluding hydrogens is 468 g/mol. The number of nitrogens with zero attached hydrogens (tertiary/aromatic N) is 2. The molecule has 0 aliphatic carbocycles. The number of rotatable bonds is 13. The quantitative estimate of drug-likeness (QED) is 0.340. The van der Waals surface area contributed by atoms with Crippen molar-refractivity contribution in [2.45, 2.75) is 70.9 Å². The zero-order chi connectivity index (χ0) is 26.9. The van der Waals surface area contributed by atoms with Gasteiger partial charge in [0.25, 0.3) is 0 Å². The van der Waals surface area contributed by atoms with Gasteiger partial charge in [0, 0.05) is 20.0 Å². The van der Waals surface area contributed by atoms with E-state index in [0.717, 1.165) is 29.5 Å². The molecule has 1 aliphatic rings. The number of hydrogen-bond acceptors (Lipinski definition) is 5. The molecule has 2 atom stereocenters. The average molecular weight is 511 g/mol. The summed E-state index contributed by atoms with van der Waals surface area (Å²) in [6.07, 6.45) is 7.39. The summed E-state index contributed by atoms with van der Waals surface area (Å²) in [5.74, 6) is 1.77. The van der Waals surface area contributed by atoms with Gasteiger partial charge in [-0.2, -0.15) is 0 Å². The Balaban J connectivity index is 1.72. The first-order chi connectivity index (χ1) is 17.9. The zero-order valence-electron chi connectivity index (χ0n) is 23.2. The Bertz CT molecular complexity index is 1030. The summed E-state index contributed by atoms with van der Waals surface area (Å²) in [5.41, 5.74) is 2.92. The molecule has 0 saturated carbocycles. The van der Waals surface area contributed by atoms with Crippen LogP contribution in [-0.4, -0.2) is 68.6 Å². The number of hydrogen-bond donors (Lipinski definition) is 0. The molecule has 0 spiro atoms. The van der Waals surface area contributed by atoms with Crippen LogP contribution in [0.5, 0.6) is 17.2 Å². The summed E-state index contributed by atoms with van der Waals surface area (Å²) in [7, 11) is 6.52. The molecule has 0 N–H and O–H groups in total. The highest BCUT2D eigenvalue weighted by molar-refractivity contribution is 5.96. The van der Waals surface area contributed by atoms with Crippen LogP contribution >= 0.6 is 0 Å². The van der Waals surface area contributed by atoms with Gasteiger partial charge in [0.1, 0.15) is 12.1 Å². The van der Waals surface area contributed by atoms with Crippen LogP contribution < -0.4 is 14.2 Å². The van der Waals surface area contributed by atoms with Gasteiger partial charge in [-0.1, -0.05) is 63.3 Å². The third kappa shape index (κ3) is 6.56. The summed E-state index contributed by atoms with van der Waals surface area (Å²) in [6.45, 7) is 4.69. The van der Waals surface area contributed by atoms with E-state index >= 15 is 0 Å². The van der Waals surface area contributed by atoms with Crippen molar-refractivity contribution in [1.82, 2.24) is 9.80 Å². The summed E-state index contributed by atoms with van der Waals surface area (Å²) in [6, 6.07) is 11.0. The second-order valence-electron chi connectivity index (χ2n) is 9.76. The van der Waals surface area contributed by atoms with Gasteiger partial charge in [0.2, 0.25) is 17.6 Å². The van der Waals surface area contributed by atoms with Gasteiger partial charge in [-0.15, -0.1) is 0 Å². The number of amides is 2. The predicted molar refractivity (Wildman–Crippen MR) is 146 cm³/mol. The van der Waals surface area contributed by atoms with E-state index < -0.39 is 12.1 Å². The first kappa shape index (κ1) is 28.4. The van der Waals surface area contributed by atoms with E-state index in [-0.39, 0.29) is 11.8 Å². The van der Waals surface area contributed by atoms with Crippen molar-refractivity contribution >= 4 is 11.8 Å². The van der Waals surface area contributed by atoms with E-state index in [1.54, 1.807) is 38.2 Å². The average Bonchev–Trinajstić information content (AvgIpc) is 2.92. The van der Waals surface area contributed by atoms with E-state index in [4.69, 9.17) is 14.2 Å². The first-order valence-electron chi connectivity index (χ1n) is 13.3. The van der Waals surface area contributed by atoms with Crippen molar-refractivity contribution in [3.05, 3.63) is 42.0 Å². The Morgan fingerprint density at radius 3 is 1.95 bits per heavy atom. The molecule has 7 heteroatoms. The van der Waals surface area contributed by atoms with Gasteiger partial charge in [-0.05, 0) is 42.2 Å². The predicted octanol–water partition coefficient (Wildman–Crippen LogP) is 5.34. The van der Waals surface area contributed by atoms with Gasteiger partial charge < -0.3 is 24.0 Å². The van der Waals surface area contributed by atoms with Crippen LogP contribution in [-0.2, 0) is 16.0 Å². The molecule has 0 bridgehead atoms. The van der Waals surface area contributed by atoms with Crippen LogP contribution in [0, 0.1) is 0 Å². The Morgan fingerprint density at radius 2 is 1.38 bits per heavy atom. The first-order valence-corrected chi connectivity index (χ1v) is 13.3. The minimum absolute atomic E-state index is 0.00428. The molecule has 1 unspecified atom stereocenters. The summed E-state index contributed by atoms with van der Waals surface area (Å²) in [5, 5.41) is 0. The molecule has 3 rings (SSSR count). The van der Waals surface area contributed by atoms with E-state index in [1.165, 1.54) is 25.7 Å². The highest BCUT2D eigenvalue weighted by Crippen LogP contribution is 2.41. The molecular formula is C30H42N2O5. The number of carbonyl (C=O) groups is 2. The normalized spacial score (nSPS) is 17.8. The highest BCUT2D eigenvalue weighted by atomic mass is 16.5. The lowest BCUT2D eigenvalue weighted by Crippen LogP contribution is -2.63. The highest BCUT2D eigenvalue weighted by Gasteiger charge is 2.41. The number of carbonyl (C=O) groups excluding carboxylic acids is 2. The summed E-state index contributed by atoms with van der Waals surface area (Å²) >= 11 is 0. The van der Waals surface area contributed by atoms with Crippen LogP contribution in [0.15, 0.2) is 36.4 Å². The number of unbranched alkanes of at least 4 members (excludes halogenated alkanes) is 5. The van der Waals surface area contributed by atoms with Crippen molar-refractivity contribution in [2.24, 2.45) is 0 Å². The van der Waals surface area contributed by atoms with Crippen LogP contribution in [0.1, 0.15) is 57.9 Å². The fourth-order valence-electron chi connectivity index (χ4n) is 5.02. The molecule has 2 aromatic rings. The Hall–Kier alpha value is -3.22. The topological polar surface area (TPSA) is 68.3 Å². The molecule has 2 amide bonds. The fourth-order valence-corrected chi connectivity index (χ4v) is 5.02. The maximum Gasteiger partial charge on any atom is 0.246 e. The van der Waals surface area contributed by atoms with Crippen LogP contribution in [0.4, 0.5) is 0 Å². The second-order valence-corrected chi connectivity index (χ2v) is 9.76. The van der Waals surface area contributed by atoms with E-state index in [0.29, 0.717) is 30.2 Å². The maximum atomic E-state index is 13.4. The molecule has 1 aliphatic heterocycles. The number of benzene rings is 2. The molecule has 0 radical (unpaired) electrons. The van der Waals surface area contributed by atoms with Gasteiger partial charge in [-0.3, -0.25) is 9.59 Å². The SMILES string of the molecule is CCCCCCCCN1C(=O)C(Cc2ccc(-c3cc(OC)c(OC)c(OC)c3)cc2)N(C)C(=O)[C@@H]1C. The third-order valence-electron chi connectivity index (χ3n) is 7.34. The van der Waals surface area contributed by atoms with Crippen LogP contribution in [0.3, 0.4) is 0 Å². The van der Waals surface area contributed by atoms with Crippen molar-refractivity contribution in [3.63, 3.8) is 0 Å². The molecule has 7 nitrogen and oxygen atoms in total. The van der Waals surface area contributed by atoms with Gasteiger partial charge >= 0.3 is 0 Å². The third-order valence-corrected chi connectivity index (χ3v) is 7.34. The van der Waals surface area contributed by atoms with Gasteiger partial charge in [0.15, 0.2) is 11.5 Å². The number of piperazine rings is 1. The second kappa shape index (κ2) is 13.4. The smallest absolute Gasteiger partial charge is 0.246 e. The number of likely N-dealkylation sites (N-methyl/N-ethyl adjacent to an activating group) is 1. The van der Waals surface area contributed by atoms with Crippen molar-refractivity contribution in [3.8, 4) is 28.4 Å². The van der Waals surface area contributed by atoms with Gasteiger partial charge in [0.05, 0.1) is 21.3 Å². The molecule has 1 heterocycles. The minimum atomic E-state index is -0.490. The largest absolute Gasteiger partial charge is 0.493 e. The lowest BCUT2D eigenvalue weighted by molar-refractivity contribution is -0.159. The molecule has 1 fully saturated rings. The fraction of sp³-hybridized carbons (Fsp3) is 0.533. The minimum Gasteiger partial charge on any atom is -0.493 e. The lowest BCUT2D eigenvalue weighted by atomic mass is 9.96. The number of ether oxygens (including phenoxy) is 3. The molecule has 202 valence electrons. The summed E-state index contributed by atoms with van der Waals surface area (Å²) < 4.78 is 16.4. The van der Waals surface area contributed by atoms with E-state index in [1.807, 2.05) is 43.3 Å². The van der Waals surface area contributed by atoms with Gasteiger partial charge in [-0.25, -0.2) is 0 Å². The van der Waals surface area contributed by atoms with E-state index in [9.17, 15) is 9.59 Å². The monoisotopic (exact) mass is 510 g/mol. The van der Waals surface area contributed by atoms with Crippen LogP contribution in [0.2, 0.25) is 0 Å². The molecule has 0 aromatic heterocycles. The van der Waals surface area contributed by atoms with Crippen molar-refractivity contribution in [1.29, 1.82) is 0 Å². The van der Waals surface area contributed by atoms with Crippen molar-refractivity contribution < 1.29 is 23.8 Å². The Labute approximate surface area is 221 Å². The lowest BCUT2D eigenvalue weighted by Gasteiger charge is -2.42. The van der Waals surface area contributed by atoms with Crippen molar-refractivity contribution in [2.75, 3.05) is 34.9 Å². The van der Waals surface area contributed by atoms with E-state index in [2.05, 4.69) is 6.92 Å². The molecule has 37 heavy (non-hydrogen) atoms. The molecule has 1 saturated heterocycles. The maximum absolute atomic E-state index is 13.4. The zero-order valence-corrected chi connectivity index (χ0v) is 23.2. The number of methoxy groups -OCH3 is 3.